The summed E-state index contributed by atoms with van der Waals surface area (Å²) in [7, 11) is 0. The summed E-state index contributed by atoms with van der Waals surface area (Å²) >= 11 is 0. The summed E-state index contributed by atoms with van der Waals surface area (Å²) in [4.78, 5) is 0. The van der Waals surface area contributed by atoms with E-state index in [9.17, 15) is 8.78 Å². The smallest absolute Gasteiger partial charge is 0.101 e. The molecule has 0 nitrogen and oxygen atoms in total. The van der Waals surface area contributed by atoms with Gasteiger partial charge < -0.3 is 0 Å². The predicted octanol–water partition coefficient (Wildman–Crippen LogP) is 2.43. The Hall–Kier alpha value is -0.660. The van der Waals surface area contributed by atoms with Crippen LogP contribution in [0.3, 0.4) is 0 Å². The van der Waals surface area contributed by atoms with Crippen LogP contribution in [0.4, 0.5) is 8.78 Å². The van der Waals surface area contributed by atoms with Crippen molar-refractivity contribution in [1.29, 1.82) is 0 Å². The van der Waals surface area contributed by atoms with Gasteiger partial charge in [-0.25, -0.2) is 0 Å². The van der Waals surface area contributed by atoms with E-state index < -0.39 is 18.8 Å². The first-order valence-corrected chi connectivity index (χ1v) is 3.29. The van der Waals surface area contributed by atoms with Gasteiger partial charge in [0.2, 0.25) is 0 Å². The number of rotatable bonds is 2. The normalized spacial score (nSPS) is 21.4. The molecule has 56 valence electrons. The molecule has 0 fully saturated rings. The lowest BCUT2D eigenvalue weighted by Crippen LogP contribution is -2.23. The van der Waals surface area contributed by atoms with Crippen LogP contribution in [0, 0.1) is 5.41 Å². The van der Waals surface area contributed by atoms with Crippen LogP contribution in [-0.4, -0.2) is 13.3 Å². The van der Waals surface area contributed by atoms with Gasteiger partial charge in [-0.3, -0.25) is 8.78 Å². The van der Waals surface area contributed by atoms with E-state index in [0.29, 0.717) is 6.42 Å². The molecule has 0 radical (unpaired) electrons. The molecule has 1 aliphatic carbocycles. The Morgan fingerprint density at radius 1 is 1.20 bits per heavy atom. The second-order valence-electron chi connectivity index (χ2n) is 2.62. The third-order valence-corrected chi connectivity index (χ3v) is 1.75. The summed E-state index contributed by atoms with van der Waals surface area (Å²) < 4.78 is 24.4. The lowest BCUT2D eigenvalue weighted by molar-refractivity contribution is 0.209. The summed E-state index contributed by atoms with van der Waals surface area (Å²) in [6.45, 7) is -1.21. The van der Waals surface area contributed by atoms with Gasteiger partial charge in [0, 0.05) is 5.41 Å². The zero-order chi connectivity index (χ0) is 7.45. The van der Waals surface area contributed by atoms with Crippen LogP contribution >= 0.6 is 0 Å². The van der Waals surface area contributed by atoms with Gasteiger partial charge in [0.15, 0.2) is 0 Å². The Morgan fingerprint density at radius 2 is 1.90 bits per heavy atom. The molecular formula is C8H10F2. The van der Waals surface area contributed by atoms with Gasteiger partial charge in [-0.1, -0.05) is 24.3 Å². The minimum absolute atomic E-state index is 0.483. The molecule has 0 aromatic carbocycles. The Balaban J connectivity index is 2.66. The average molecular weight is 144 g/mol. The fourth-order valence-electron chi connectivity index (χ4n) is 0.943. The highest BCUT2D eigenvalue weighted by Gasteiger charge is 2.26. The lowest BCUT2D eigenvalue weighted by Gasteiger charge is -2.23. The molecule has 1 rings (SSSR count). The van der Waals surface area contributed by atoms with Crippen molar-refractivity contribution in [3.8, 4) is 0 Å². The molecule has 0 heterocycles. The van der Waals surface area contributed by atoms with Gasteiger partial charge in [0.1, 0.15) is 13.3 Å². The molecule has 0 spiro atoms. The van der Waals surface area contributed by atoms with Crippen LogP contribution < -0.4 is 0 Å². The van der Waals surface area contributed by atoms with E-state index in [1.807, 2.05) is 6.08 Å². The third-order valence-electron chi connectivity index (χ3n) is 1.75. The molecule has 0 saturated heterocycles. The first kappa shape index (κ1) is 7.45. The van der Waals surface area contributed by atoms with Gasteiger partial charge in [-0.2, -0.15) is 0 Å². The monoisotopic (exact) mass is 144 g/mol. The second-order valence-corrected chi connectivity index (χ2v) is 2.62. The number of alkyl halides is 2. The average Bonchev–Trinajstić information content (AvgIpc) is 2.06. The largest absolute Gasteiger partial charge is 0.250 e. The Kier molecular flexibility index (Phi) is 2.20. The Morgan fingerprint density at radius 3 is 2.20 bits per heavy atom. The fourth-order valence-corrected chi connectivity index (χ4v) is 0.943. The second kappa shape index (κ2) is 2.95. The highest BCUT2D eigenvalue weighted by molar-refractivity contribution is 5.16. The summed E-state index contributed by atoms with van der Waals surface area (Å²) in [5, 5.41) is 0. The van der Waals surface area contributed by atoms with E-state index in [1.54, 1.807) is 18.2 Å². The van der Waals surface area contributed by atoms with Crippen molar-refractivity contribution < 1.29 is 8.78 Å². The number of halogens is 2. The van der Waals surface area contributed by atoms with Gasteiger partial charge in [-0.05, 0) is 6.42 Å². The molecule has 0 amide bonds. The van der Waals surface area contributed by atoms with E-state index in [1.165, 1.54) is 0 Å². The van der Waals surface area contributed by atoms with Crippen LogP contribution in [-0.2, 0) is 0 Å². The van der Waals surface area contributed by atoms with Crippen LogP contribution in [0.15, 0.2) is 24.3 Å². The summed E-state index contributed by atoms with van der Waals surface area (Å²) in [5.41, 5.74) is -0.839. The molecule has 1 aliphatic rings. The minimum atomic E-state index is -0.839. The van der Waals surface area contributed by atoms with Crippen molar-refractivity contribution >= 4 is 0 Å². The van der Waals surface area contributed by atoms with E-state index in [2.05, 4.69) is 0 Å². The van der Waals surface area contributed by atoms with Gasteiger partial charge in [-0.15, -0.1) is 0 Å². The van der Waals surface area contributed by atoms with Crippen molar-refractivity contribution in [1.82, 2.24) is 0 Å². The van der Waals surface area contributed by atoms with Crippen molar-refractivity contribution in [2.45, 2.75) is 6.42 Å². The van der Waals surface area contributed by atoms with E-state index in [4.69, 9.17) is 0 Å². The summed E-state index contributed by atoms with van der Waals surface area (Å²) in [5.74, 6) is 0. The molecule has 0 aromatic rings. The first-order chi connectivity index (χ1) is 4.83. The lowest BCUT2D eigenvalue weighted by atomic mass is 9.84. The van der Waals surface area contributed by atoms with Crippen LogP contribution in [0.5, 0.6) is 0 Å². The van der Waals surface area contributed by atoms with Gasteiger partial charge >= 0.3 is 0 Å². The standard InChI is InChI=1S/C8H10F2/c9-6-8(7-10)4-2-1-3-5-8/h1-4H,5-7H2. The molecule has 2 heteroatoms. The topological polar surface area (TPSA) is 0 Å². The third kappa shape index (κ3) is 1.25. The summed E-state index contributed by atoms with van der Waals surface area (Å²) in [6.07, 6.45) is 7.38. The highest BCUT2D eigenvalue weighted by Crippen LogP contribution is 2.28. The molecular weight excluding hydrogens is 134 g/mol. The molecule has 0 unspecified atom stereocenters. The maximum atomic E-state index is 12.2. The zero-order valence-corrected chi connectivity index (χ0v) is 5.69. The number of allylic oxidation sites excluding steroid dienone is 4. The predicted molar refractivity (Wildman–Crippen MR) is 37.3 cm³/mol. The molecule has 10 heavy (non-hydrogen) atoms. The van der Waals surface area contributed by atoms with Crippen LogP contribution in [0.2, 0.25) is 0 Å². The number of hydrogen-bond donors (Lipinski definition) is 0. The van der Waals surface area contributed by atoms with Crippen molar-refractivity contribution in [2.24, 2.45) is 5.41 Å². The van der Waals surface area contributed by atoms with Gasteiger partial charge in [0.25, 0.3) is 0 Å². The molecule has 0 bridgehead atoms. The van der Waals surface area contributed by atoms with E-state index in [0.717, 1.165) is 0 Å². The van der Waals surface area contributed by atoms with Crippen molar-refractivity contribution in [3.63, 3.8) is 0 Å². The SMILES string of the molecule is FCC1(CF)C=CC=CC1. The molecule has 0 aromatic heterocycles. The maximum Gasteiger partial charge on any atom is 0.101 e. The highest BCUT2D eigenvalue weighted by atomic mass is 19.1. The maximum absolute atomic E-state index is 12.2. The van der Waals surface area contributed by atoms with Gasteiger partial charge in [0.05, 0.1) is 0 Å². The zero-order valence-electron chi connectivity index (χ0n) is 5.69. The molecule has 0 N–H and O–H groups in total. The van der Waals surface area contributed by atoms with Crippen LogP contribution in [0.1, 0.15) is 6.42 Å². The Labute approximate surface area is 59.2 Å². The molecule has 0 atom stereocenters. The quantitative estimate of drug-likeness (QED) is 0.558. The molecule has 0 saturated carbocycles. The van der Waals surface area contributed by atoms with Crippen molar-refractivity contribution in [3.05, 3.63) is 24.3 Å². The number of hydrogen-bond acceptors (Lipinski definition) is 0. The van der Waals surface area contributed by atoms with Crippen molar-refractivity contribution in [2.75, 3.05) is 13.3 Å². The van der Waals surface area contributed by atoms with E-state index in [-0.39, 0.29) is 0 Å². The minimum Gasteiger partial charge on any atom is -0.250 e. The van der Waals surface area contributed by atoms with E-state index >= 15 is 0 Å². The fraction of sp³-hybridized carbons (Fsp3) is 0.500. The molecule has 0 aliphatic heterocycles. The summed E-state index contributed by atoms with van der Waals surface area (Å²) in [6, 6.07) is 0. The Bertz CT molecular complexity index is 155. The first-order valence-electron chi connectivity index (χ1n) is 3.29. The van der Waals surface area contributed by atoms with Crippen LogP contribution in [0.25, 0.3) is 0 Å².